The van der Waals surface area contributed by atoms with Crippen LogP contribution in [0.15, 0.2) is 36.4 Å². The maximum atomic E-state index is 14.7. The van der Waals surface area contributed by atoms with E-state index >= 15 is 0 Å². The smallest absolute Gasteiger partial charge is 0.493 e. The molecule has 0 aliphatic carbocycles. The summed E-state index contributed by atoms with van der Waals surface area (Å²) in [6.45, 7) is 2.03. The first-order valence-electron chi connectivity index (χ1n) is 9.00. The molecule has 162 valence electrons. The first-order chi connectivity index (χ1) is 14.1. The van der Waals surface area contributed by atoms with Gasteiger partial charge in [0.1, 0.15) is 22.7 Å². The van der Waals surface area contributed by atoms with E-state index in [1.807, 2.05) is 0 Å². The van der Waals surface area contributed by atoms with Crippen LogP contribution in [0, 0.1) is 5.82 Å². The summed E-state index contributed by atoms with van der Waals surface area (Å²) < 4.78 is 61.3. The molecule has 1 saturated heterocycles. The molecular weight excluding hydrogens is 449 g/mol. The third kappa shape index (κ3) is 4.92. The Bertz CT molecular complexity index is 939. The first-order valence-corrected chi connectivity index (χ1v) is 9.82. The van der Waals surface area contributed by atoms with Crippen molar-refractivity contribution in [2.24, 2.45) is 0 Å². The van der Waals surface area contributed by atoms with Gasteiger partial charge in [0, 0.05) is 6.54 Å². The van der Waals surface area contributed by atoms with Gasteiger partial charge in [-0.05, 0) is 43.2 Å². The van der Waals surface area contributed by atoms with E-state index in [0.29, 0.717) is 17.9 Å². The highest BCUT2D eigenvalue weighted by molar-refractivity contribution is 6.32. The Morgan fingerprint density at radius 3 is 2.57 bits per heavy atom. The summed E-state index contributed by atoms with van der Waals surface area (Å²) in [6.07, 6.45) is -4.72. The summed E-state index contributed by atoms with van der Waals surface area (Å²) in [5.74, 6) is -1.21. The van der Waals surface area contributed by atoms with Gasteiger partial charge in [-0.2, -0.15) is 0 Å². The molecule has 2 aromatic rings. The van der Waals surface area contributed by atoms with E-state index in [4.69, 9.17) is 27.9 Å². The molecule has 1 heterocycles. The second kappa shape index (κ2) is 8.89. The van der Waals surface area contributed by atoms with Crippen LogP contribution in [-0.2, 0) is 11.3 Å². The topological polar surface area (TPSA) is 38.8 Å². The lowest BCUT2D eigenvalue weighted by molar-refractivity contribution is -0.274. The Morgan fingerprint density at radius 1 is 1.20 bits per heavy atom. The molecule has 0 unspecified atom stereocenters. The number of carbonyl (C=O) groups is 1. The first kappa shape index (κ1) is 22.5. The molecule has 1 fully saturated rings. The van der Waals surface area contributed by atoms with Crippen molar-refractivity contribution in [1.29, 1.82) is 0 Å². The van der Waals surface area contributed by atoms with Gasteiger partial charge in [-0.15, -0.1) is 24.8 Å². The van der Waals surface area contributed by atoms with Gasteiger partial charge in [0.05, 0.1) is 23.2 Å². The van der Waals surface area contributed by atoms with E-state index in [1.54, 1.807) is 13.0 Å². The summed E-state index contributed by atoms with van der Waals surface area (Å²) in [6, 6.07) is 7.35. The number of nitrogens with zero attached hydrogens (tertiary/aromatic N) is 1. The van der Waals surface area contributed by atoms with Crippen LogP contribution in [-0.4, -0.2) is 29.2 Å². The number of carbonyl (C=O) groups excluding carboxylic acids is 1. The summed E-state index contributed by atoms with van der Waals surface area (Å²) in [5.41, 5.74) is 0.645. The van der Waals surface area contributed by atoms with Crippen LogP contribution < -0.4 is 9.47 Å². The van der Waals surface area contributed by atoms with E-state index in [1.165, 1.54) is 29.2 Å². The minimum Gasteiger partial charge on any atom is -0.493 e. The van der Waals surface area contributed by atoms with Gasteiger partial charge >= 0.3 is 6.36 Å². The number of rotatable bonds is 6. The predicted octanol–water partition coefficient (Wildman–Crippen LogP) is 5.86. The average molecular weight is 466 g/mol. The molecule has 0 bridgehead atoms. The van der Waals surface area contributed by atoms with Crippen molar-refractivity contribution in [2.75, 3.05) is 6.61 Å². The Kier molecular flexibility index (Phi) is 6.67. The standard InChI is InChI=1S/C20H17Cl2F4NO3/c1-2-29-17-5-3-4-14(23)18(17)15-9-13(22)19(28)27(15)10-11-6-7-16(12(21)8-11)30-20(24,25)26/h3-8,13,15H,2,9-10H2,1H3/t13-,15+/m0/s1. The Labute approximate surface area is 180 Å². The van der Waals surface area contributed by atoms with Gasteiger partial charge in [0.15, 0.2) is 0 Å². The molecule has 0 N–H and O–H groups in total. The van der Waals surface area contributed by atoms with Crippen LogP contribution >= 0.6 is 23.2 Å². The number of amides is 1. The minimum absolute atomic E-state index is 0.0291. The SMILES string of the molecule is CCOc1cccc(F)c1[C@H]1C[C@H](Cl)C(=O)N1Cc1ccc(OC(F)(F)F)c(Cl)c1. The molecule has 3 rings (SSSR count). The number of ether oxygens (including phenoxy) is 2. The summed E-state index contributed by atoms with van der Waals surface area (Å²) >= 11 is 12.1. The lowest BCUT2D eigenvalue weighted by Gasteiger charge is -2.27. The number of alkyl halides is 4. The van der Waals surface area contributed by atoms with E-state index in [2.05, 4.69) is 4.74 Å². The van der Waals surface area contributed by atoms with Crippen LogP contribution in [0.5, 0.6) is 11.5 Å². The molecular formula is C20H17Cl2F4NO3. The van der Waals surface area contributed by atoms with Crippen LogP contribution in [0.1, 0.15) is 30.5 Å². The number of likely N-dealkylation sites (tertiary alicyclic amines) is 1. The third-order valence-corrected chi connectivity index (χ3v) is 5.24. The number of halogens is 6. The van der Waals surface area contributed by atoms with Crippen molar-refractivity contribution in [1.82, 2.24) is 4.90 Å². The number of hydrogen-bond donors (Lipinski definition) is 0. The van der Waals surface area contributed by atoms with Gasteiger partial charge < -0.3 is 14.4 Å². The lowest BCUT2D eigenvalue weighted by Crippen LogP contribution is -2.30. The van der Waals surface area contributed by atoms with Crippen molar-refractivity contribution in [3.8, 4) is 11.5 Å². The molecule has 1 aliphatic rings. The van der Waals surface area contributed by atoms with Crippen LogP contribution in [0.3, 0.4) is 0 Å². The molecule has 0 saturated carbocycles. The molecule has 4 nitrogen and oxygen atoms in total. The van der Waals surface area contributed by atoms with Gasteiger partial charge in [0.2, 0.25) is 5.91 Å². The van der Waals surface area contributed by atoms with Gasteiger partial charge in [-0.1, -0.05) is 23.7 Å². The zero-order valence-electron chi connectivity index (χ0n) is 15.7. The van der Waals surface area contributed by atoms with Crippen molar-refractivity contribution >= 4 is 29.1 Å². The quantitative estimate of drug-likeness (QED) is 0.396. The van der Waals surface area contributed by atoms with Gasteiger partial charge in [-0.3, -0.25) is 4.79 Å². The summed E-state index contributed by atoms with van der Waals surface area (Å²) in [4.78, 5) is 14.0. The molecule has 1 aliphatic heterocycles. The van der Waals surface area contributed by atoms with Crippen molar-refractivity contribution < 1.29 is 31.8 Å². The fourth-order valence-electron chi connectivity index (χ4n) is 3.39. The van der Waals surface area contributed by atoms with Crippen molar-refractivity contribution in [3.63, 3.8) is 0 Å². The van der Waals surface area contributed by atoms with Gasteiger partial charge in [-0.25, -0.2) is 4.39 Å². The van der Waals surface area contributed by atoms with Crippen molar-refractivity contribution in [2.45, 2.75) is 37.7 Å². The largest absolute Gasteiger partial charge is 0.573 e. The highest BCUT2D eigenvalue weighted by atomic mass is 35.5. The molecule has 0 spiro atoms. The summed E-state index contributed by atoms with van der Waals surface area (Å²) in [5, 5.41) is -1.14. The molecule has 2 aromatic carbocycles. The second-order valence-corrected chi connectivity index (χ2v) is 7.52. The normalized spacial score (nSPS) is 19.3. The average Bonchev–Trinajstić information content (AvgIpc) is 2.91. The molecule has 30 heavy (non-hydrogen) atoms. The Hall–Kier alpha value is -2.19. The maximum Gasteiger partial charge on any atom is 0.573 e. The van der Waals surface area contributed by atoms with E-state index in [-0.39, 0.29) is 23.6 Å². The van der Waals surface area contributed by atoms with E-state index in [0.717, 1.165) is 6.07 Å². The van der Waals surface area contributed by atoms with Crippen LogP contribution in [0.2, 0.25) is 5.02 Å². The van der Waals surface area contributed by atoms with Crippen LogP contribution in [0.25, 0.3) is 0 Å². The maximum absolute atomic E-state index is 14.7. The second-order valence-electron chi connectivity index (χ2n) is 6.58. The van der Waals surface area contributed by atoms with Gasteiger partial charge in [0.25, 0.3) is 0 Å². The number of hydrogen-bond acceptors (Lipinski definition) is 3. The monoisotopic (exact) mass is 465 g/mol. The lowest BCUT2D eigenvalue weighted by atomic mass is 10.0. The fourth-order valence-corrected chi connectivity index (χ4v) is 3.92. The van der Waals surface area contributed by atoms with E-state index < -0.39 is 35.3 Å². The predicted molar refractivity (Wildman–Crippen MR) is 103 cm³/mol. The Morgan fingerprint density at radius 2 is 1.93 bits per heavy atom. The fraction of sp³-hybridized carbons (Fsp3) is 0.350. The molecule has 0 radical (unpaired) electrons. The number of benzene rings is 2. The highest BCUT2D eigenvalue weighted by Gasteiger charge is 2.41. The Balaban J connectivity index is 1.91. The summed E-state index contributed by atoms with van der Waals surface area (Å²) in [7, 11) is 0. The highest BCUT2D eigenvalue weighted by Crippen LogP contribution is 2.42. The van der Waals surface area contributed by atoms with Crippen molar-refractivity contribution in [3.05, 3.63) is 58.4 Å². The molecule has 10 heteroatoms. The third-order valence-electron chi connectivity index (χ3n) is 4.58. The molecule has 1 amide bonds. The van der Waals surface area contributed by atoms with E-state index in [9.17, 15) is 22.4 Å². The molecule has 2 atom stereocenters. The zero-order valence-corrected chi connectivity index (χ0v) is 17.2. The zero-order chi connectivity index (χ0) is 22.1. The van der Waals surface area contributed by atoms with Crippen LogP contribution in [0.4, 0.5) is 17.6 Å². The minimum atomic E-state index is -4.88. The molecule has 0 aromatic heterocycles.